The van der Waals surface area contributed by atoms with Gasteiger partial charge in [-0.3, -0.25) is 9.59 Å². The molecule has 0 radical (unpaired) electrons. The molecule has 0 bridgehead atoms. The number of likely N-dealkylation sites (tertiary alicyclic amines) is 1. The average Bonchev–Trinajstić information content (AvgIpc) is 3.64. The Labute approximate surface area is 298 Å². The summed E-state index contributed by atoms with van der Waals surface area (Å²) in [6, 6.07) is 27.0. The highest BCUT2D eigenvalue weighted by atomic mass is 32.2. The van der Waals surface area contributed by atoms with Crippen LogP contribution >= 0.6 is 11.8 Å². The molecule has 0 saturated carbocycles. The van der Waals surface area contributed by atoms with Gasteiger partial charge in [-0.2, -0.15) is 17.9 Å². The number of aliphatic hydroxyl groups excluding tert-OH is 1. The summed E-state index contributed by atoms with van der Waals surface area (Å²) in [6.45, 7) is 1.99. The maximum atomic E-state index is 13.0. The van der Waals surface area contributed by atoms with Gasteiger partial charge >= 0.3 is 12.1 Å². The van der Waals surface area contributed by atoms with E-state index < -0.39 is 30.3 Å². The zero-order valence-electron chi connectivity index (χ0n) is 27.8. The number of rotatable bonds is 10. The molecular formula is C38H38F3N3O6S. The molecule has 3 aromatic carbocycles. The van der Waals surface area contributed by atoms with Crippen molar-refractivity contribution < 1.29 is 42.1 Å². The van der Waals surface area contributed by atoms with Crippen molar-refractivity contribution in [2.24, 2.45) is 5.92 Å². The smallest absolute Gasteiger partial charge is 0.471 e. The number of nitrogens with zero attached hydrogens (tertiary/aromatic N) is 2. The van der Waals surface area contributed by atoms with Gasteiger partial charge in [0.1, 0.15) is 6.04 Å². The van der Waals surface area contributed by atoms with Crippen molar-refractivity contribution in [3.05, 3.63) is 125 Å². The first kappa shape index (κ1) is 36.4. The molecule has 51 heavy (non-hydrogen) atoms. The monoisotopic (exact) mass is 721 g/mol. The summed E-state index contributed by atoms with van der Waals surface area (Å²) in [5.74, 6) is -2.13. The Morgan fingerprint density at radius 2 is 1.71 bits per heavy atom. The molecule has 13 heteroatoms. The fourth-order valence-corrected chi connectivity index (χ4v) is 7.53. The Hall–Kier alpha value is -4.43. The highest BCUT2D eigenvalue weighted by molar-refractivity contribution is 7.99. The van der Waals surface area contributed by atoms with Crippen LogP contribution in [-0.4, -0.2) is 52.4 Å². The van der Waals surface area contributed by atoms with E-state index >= 15 is 0 Å². The largest absolute Gasteiger partial charge is 0.618 e. The SMILES string of the molecule is CC1C(CSc2cccc[n+]2[O-])OC(c2ccc(-c3cccc(CNC(=O)C4CCCN4C(=O)C(F)(F)F)c3)cc2)OC1c1ccc(CO)cc1. The second kappa shape index (κ2) is 15.9. The van der Waals surface area contributed by atoms with Gasteiger partial charge in [-0.25, -0.2) is 0 Å². The Kier molecular flexibility index (Phi) is 11.3. The number of aromatic nitrogens is 1. The lowest BCUT2D eigenvalue weighted by atomic mass is 9.91. The number of ether oxygens (including phenoxy) is 2. The molecule has 0 spiro atoms. The third kappa shape index (κ3) is 8.55. The molecule has 0 aliphatic carbocycles. The van der Waals surface area contributed by atoms with Gasteiger partial charge in [0.25, 0.3) is 5.03 Å². The molecule has 9 nitrogen and oxygen atoms in total. The maximum absolute atomic E-state index is 13.0. The number of carbonyl (C=O) groups is 2. The number of alkyl halides is 3. The minimum absolute atomic E-state index is 0.0538. The van der Waals surface area contributed by atoms with Crippen molar-refractivity contribution in [1.82, 2.24) is 10.2 Å². The first-order valence-electron chi connectivity index (χ1n) is 16.7. The standard InChI is InChI=1S/C38H38F3N3O6S/c1-24-32(23-51-33-9-2-3-19-44(33)48)49-36(50-34(24)28-12-10-25(22-45)11-13-28)29-16-14-27(15-17-29)30-7-4-6-26(20-30)21-42-35(46)31-8-5-18-43(31)37(47)38(39,40)41/h2-4,6-7,9-17,19-20,24,31-32,34,36,45H,5,8,18,21-23H2,1H3,(H,42,46). The highest BCUT2D eigenvalue weighted by Gasteiger charge is 2.47. The van der Waals surface area contributed by atoms with Crippen LogP contribution in [0.15, 0.2) is 102 Å². The second-order valence-corrected chi connectivity index (χ2v) is 13.7. The molecular weight excluding hydrogens is 683 g/mol. The molecule has 2 fully saturated rings. The van der Waals surface area contributed by atoms with E-state index in [4.69, 9.17) is 9.47 Å². The Morgan fingerprint density at radius 1 is 0.961 bits per heavy atom. The number of benzene rings is 3. The predicted octanol–water partition coefficient (Wildman–Crippen LogP) is 6.23. The minimum atomic E-state index is -5.03. The molecule has 3 heterocycles. The van der Waals surface area contributed by atoms with E-state index in [0.717, 1.165) is 38.1 Å². The van der Waals surface area contributed by atoms with Crippen LogP contribution in [0.1, 0.15) is 54.4 Å². The van der Waals surface area contributed by atoms with Crippen LogP contribution in [0.25, 0.3) is 11.1 Å². The summed E-state index contributed by atoms with van der Waals surface area (Å²) >= 11 is 1.42. The molecule has 1 aromatic heterocycles. The number of hydrogen-bond acceptors (Lipinski definition) is 7. The van der Waals surface area contributed by atoms with Crippen LogP contribution in [0.2, 0.25) is 0 Å². The summed E-state index contributed by atoms with van der Waals surface area (Å²) in [6.07, 6.45) is -4.32. The fraction of sp³-hybridized carbons (Fsp3) is 0.342. The van der Waals surface area contributed by atoms with Gasteiger partial charge in [0.15, 0.2) is 12.5 Å². The first-order chi connectivity index (χ1) is 24.5. The summed E-state index contributed by atoms with van der Waals surface area (Å²) in [5, 5.41) is 25.1. The lowest BCUT2D eigenvalue weighted by Gasteiger charge is -2.41. The van der Waals surface area contributed by atoms with Crippen molar-refractivity contribution >= 4 is 23.6 Å². The van der Waals surface area contributed by atoms with Gasteiger partial charge in [-0.05, 0) is 52.8 Å². The maximum Gasteiger partial charge on any atom is 0.471 e. The summed E-state index contributed by atoms with van der Waals surface area (Å²) in [5.41, 5.74) is 5.06. The summed E-state index contributed by atoms with van der Waals surface area (Å²) < 4.78 is 53.0. The van der Waals surface area contributed by atoms with Crippen molar-refractivity contribution in [2.75, 3.05) is 12.3 Å². The van der Waals surface area contributed by atoms with Crippen molar-refractivity contribution in [3.63, 3.8) is 0 Å². The van der Waals surface area contributed by atoms with Gasteiger partial charge in [0.2, 0.25) is 5.91 Å². The van der Waals surface area contributed by atoms with Crippen LogP contribution in [0.5, 0.6) is 0 Å². The molecule has 5 unspecified atom stereocenters. The molecule has 2 aliphatic heterocycles. The lowest BCUT2D eigenvalue weighted by molar-refractivity contribution is -0.645. The molecule has 2 amide bonds. The predicted molar refractivity (Wildman–Crippen MR) is 184 cm³/mol. The lowest BCUT2D eigenvalue weighted by Crippen LogP contribution is -2.50. The average molecular weight is 722 g/mol. The van der Waals surface area contributed by atoms with Gasteiger partial charge in [-0.1, -0.05) is 85.4 Å². The van der Waals surface area contributed by atoms with E-state index in [9.17, 15) is 33.1 Å². The topological polar surface area (TPSA) is 115 Å². The number of carbonyl (C=O) groups excluding carboxylic acids is 2. The number of thioether (sulfide) groups is 1. The van der Waals surface area contributed by atoms with Gasteiger partial charge in [-0.15, -0.1) is 0 Å². The second-order valence-electron chi connectivity index (χ2n) is 12.7. The number of amides is 2. The van der Waals surface area contributed by atoms with Gasteiger partial charge < -0.3 is 30.0 Å². The fourth-order valence-electron chi connectivity index (χ4n) is 6.45. The minimum Gasteiger partial charge on any atom is -0.618 e. The number of halogens is 3. The van der Waals surface area contributed by atoms with Crippen LogP contribution in [-0.2, 0) is 32.2 Å². The molecule has 2 aliphatic rings. The summed E-state index contributed by atoms with van der Waals surface area (Å²) in [7, 11) is 0. The molecule has 5 atom stereocenters. The van der Waals surface area contributed by atoms with Crippen molar-refractivity contribution in [3.8, 4) is 11.1 Å². The van der Waals surface area contributed by atoms with Crippen LogP contribution in [0, 0.1) is 11.1 Å². The highest BCUT2D eigenvalue weighted by Crippen LogP contribution is 2.43. The van der Waals surface area contributed by atoms with Gasteiger partial charge in [0.05, 0.1) is 18.8 Å². The zero-order valence-corrected chi connectivity index (χ0v) is 28.6. The zero-order chi connectivity index (χ0) is 36.1. The van der Waals surface area contributed by atoms with E-state index in [-0.39, 0.29) is 44.2 Å². The Balaban J connectivity index is 1.15. The molecule has 4 aromatic rings. The molecule has 268 valence electrons. The number of pyridine rings is 1. The van der Waals surface area contributed by atoms with E-state index in [2.05, 4.69) is 12.2 Å². The van der Waals surface area contributed by atoms with E-state index in [1.807, 2.05) is 78.9 Å². The van der Waals surface area contributed by atoms with Crippen molar-refractivity contribution in [2.45, 2.75) is 68.7 Å². The quantitative estimate of drug-likeness (QED) is 0.113. The van der Waals surface area contributed by atoms with E-state index in [1.165, 1.54) is 18.0 Å². The molecule has 2 N–H and O–H groups in total. The van der Waals surface area contributed by atoms with Gasteiger partial charge in [0, 0.05) is 42.5 Å². The number of hydrogen-bond donors (Lipinski definition) is 2. The number of aliphatic hydroxyl groups is 1. The van der Waals surface area contributed by atoms with Crippen molar-refractivity contribution in [1.29, 1.82) is 0 Å². The third-order valence-electron chi connectivity index (χ3n) is 9.28. The Bertz CT molecular complexity index is 1830. The number of nitrogens with one attached hydrogen (secondary N) is 1. The van der Waals surface area contributed by atoms with E-state index in [0.29, 0.717) is 22.1 Å². The van der Waals surface area contributed by atoms with E-state index in [1.54, 1.807) is 12.1 Å². The molecule has 2 saturated heterocycles. The third-order valence-corrected chi connectivity index (χ3v) is 10.4. The molecule has 6 rings (SSSR count). The summed E-state index contributed by atoms with van der Waals surface area (Å²) in [4.78, 5) is 25.2. The Morgan fingerprint density at radius 3 is 2.41 bits per heavy atom. The van der Waals surface area contributed by atoms with Crippen LogP contribution in [0.3, 0.4) is 0 Å². The normalized spacial score (nSPS) is 22.1. The first-order valence-corrected chi connectivity index (χ1v) is 17.7. The van der Waals surface area contributed by atoms with Crippen LogP contribution < -0.4 is 10.0 Å². The van der Waals surface area contributed by atoms with Crippen LogP contribution in [0.4, 0.5) is 13.2 Å².